The van der Waals surface area contributed by atoms with Gasteiger partial charge in [-0.2, -0.15) is 5.10 Å². The Bertz CT molecular complexity index is 578. The Kier molecular flexibility index (Phi) is 3.71. The highest BCUT2D eigenvalue weighted by Gasteiger charge is 2.09. The van der Waals surface area contributed by atoms with Crippen molar-refractivity contribution in [2.75, 3.05) is 5.32 Å². The van der Waals surface area contributed by atoms with E-state index in [0.717, 1.165) is 21.5 Å². The lowest BCUT2D eigenvalue weighted by atomic mass is 10.2. The van der Waals surface area contributed by atoms with E-state index in [4.69, 9.17) is 0 Å². The van der Waals surface area contributed by atoms with Gasteiger partial charge in [0.15, 0.2) is 0 Å². The highest BCUT2D eigenvalue weighted by molar-refractivity contribution is 9.10. The van der Waals surface area contributed by atoms with Crippen molar-refractivity contribution in [1.29, 1.82) is 0 Å². The lowest BCUT2D eigenvalue weighted by molar-refractivity contribution is 0.612. The normalized spacial score (nSPS) is 10.7. The smallest absolute Gasteiger partial charge is 0.129 e. The minimum Gasteiger partial charge on any atom is -0.378 e. The molecule has 0 amide bonds. The van der Waals surface area contributed by atoms with Gasteiger partial charge in [0.25, 0.3) is 0 Å². The molecule has 1 heterocycles. The largest absolute Gasteiger partial charge is 0.378 e. The first-order chi connectivity index (χ1) is 8.49. The van der Waals surface area contributed by atoms with Crippen LogP contribution in [0.2, 0.25) is 0 Å². The molecule has 96 valence electrons. The van der Waals surface area contributed by atoms with E-state index in [9.17, 15) is 4.39 Å². The second-order valence-electron chi connectivity index (χ2n) is 4.26. The minimum atomic E-state index is -0.212. The number of anilines is 1. The topological polar surface area (TPSA) is 29.9 Å². The van der Waals surface area contributed by atoms with Crippen LogP contribution in [0, 0.1) is 19.7 Å². The van der Waals surface area contributed by atoms with Gasteiger partial charge in [0.2, 0.25) is 0 Å². The molecule has 0 atom stereocenters. The average molecular weight is 312 g/mol. The molecule has 0 radical (unpaired) electrons. The maximum absolute atomic E-state index is 13.7. The molecule has 0 saturated carbocycles. The van der Waals surface area contributed by atoms with Crippen LogP contribution < -0.4 is 5.32 Å². The Labute approximate surface area is 114 Å². The molecule has 2 rings (SSSR count). The summed E-state index contributed by atoms with van der Waals surface area (Å²) in [6.07, 6.45) is 0. The van der Waals surface area contributed by atoms with Crippen molar-refractivity contribution in [3.63, 3.8) is 0 Å². The van der Waals surface area contributed by atoms with Gasteiger partial charge < -0.3 is 5.32 Å². The molecular formula is C13H15BrFN3. The Morgan fingerprint density at radius 3 is 2.67 bits per heavy atom. The summed E-state index contributed by atoms with van der Waals surface area (Å²) in [5, 5.41) is 7.55. The van der Waals surface area contributed by atoms with E-state index in [-0.39, 0.29) is 5.82 Å². The molecule has 0 bridgehead atoms. The van der Waals surface area contributed by atoms with Crippen molar-refractivity contribution < 1.29 is 4.39 Å². The second kappa shape index (κ2) is 5.10. The van der Waals surface area contributed by atoms with Crippen molar-refractivity contribution in [3.05, 3.63) is 45.4 Å². The van der Waals surface area contributed by atoms with Crippen LogP contribution in [0.5, 0.6) is 0 Å². The molecule has 0 saturated heterocycles. The molecule has 1 N–H and O–H groups in total. The third-order valence-corrected chi connectivity index (χ3v) is 3.47. The molecule has 0 aliphatic rings. The quantitative estimate of drug-likeness (QED) is 0.939. The fraction of sp³-hybridized carbons (Fsp3) is 0.308. The van der Waals surface area contributed by atoms with Gasteiger partial charge in [-0.25, -0.2) is 4.39 Å². The van der Waals surface area contributed by atoms with E-state index < -0.39 is 0 Å². The Balaban J connectivity index is 2.16. The molecule has 3 nitrogen and oxygen atoms in total. The summed E-state index contributed by atoms with van der Waals surface area (Å²) in [7, 11) is 1.90. The molecule has 0 unspecified atom stereocenters. The summed E-state index contributed by atoms with van der Waals surface area (Å²) in [6.45, 7) is 4.38. The number of nitrogens with zero attached hydrogens (tertiary/aromatic N) is 2. The summed E-state index contributed by atoms with van der Waals surface area (Å²) < 4.78 is 16.2. The number of hydrogen-bond acceptors (Lipinski definition) is 2. The van der Waals surface area contributed by atoms with Crippen LogP contribution in [0.25, 0.3) is 0 Å². The van der Waals surface area contributed by atoms with Gasteiger partial charge in [-0.1, -0.05) is 22.0 Å². The lowest BCUT2D eigenvalue weighted by Crippen LogP contribution is -2.03. The summed E-state index contributed by atoms with van der Waals surface area (Å²) in [5.41, 5.74) is 3.58. The van der Waals surface area contributed by atoms with Gasteiger partial charge in [0.1, 0.15) is 5.82 Å². The molecule has 0 aliphatic heterocycles. The summed E-state index contributed by atoms with van der Waals surface area (Å²) in [4.78, 5) is 0. The van der Waals surface area contributed by atoms with Gasteiger partial charge >= 0.3 is 0 Å². The van der Waals surface area contributed by atoms with Crippen LogP contribution in [0.3, 0.4) is 0 Å². The molecule has 18 heavy (non-hydrogen) atoms. The van der Waals surface area contributed by atoms with Gasteiger partial charge in [0.05, 0.1) is 17.1 Å². The molecule has 5 heteroatoms. The van der Waals surface area contributed by atoms with Gasteiger partial charge in [-0.05, 0) is 26.0 Å². The Morgan fingerprint density at radius 1 is 1.39 bits per heavy atom. The van der Waals surface area contributed by atoms with Crippen LogP contribution in [-0.2, 0) is 13.6 Å². The molecule has 1 aromatic heterocycles. The number of aromatic nitrogens is 2. The molecular weight excluding hydrogens is 297 g/mol. The first kappa shape index (κ1) is 13.1. The van der Waals surface area contributed by atoms with Crippen LogP contribution in [-0.4, -0.2) is 9.78 Å². The highest BCUT2D eigenvalue weighted by atomic mass is 79.9. The average Bonchev–Trinajstić information content (AvgIpc) is 2.53. The maximum Gasteiger partial charge on any atom is 0.129 e. The second-order valence-corrected chi connectivity index (χ2v) is 5.17. The van der Waals surface area contributed by atoms with Gasteiger partial charge in [-0.3, -0.25) is 4.68 Å². The Morgan fingerprint density at radius 2 is 2.11 bits per heavy atom. The van der Waals surface area contributed by atoms with Gasteiger partial charge in [-0.15, -0.1) is 0 Å². The number of hydrogen-bond donors (Lipinski definition) is 1. The maximum atomic E-state index is 13.7. The summed E-state index contributed by atoms with van der Waals surface area (Å²) >= 11 is 3.25. The number of halogens is 2. The third kappa shape index (κ3) is 2.56. The molecule has 0 spiro atoms. The summed E-state index contributed by atoms with van der Waals surface area (Å²) in [5.74, 6) is -0.212. The van der Waals surface area contributed by atoms with E-state index in [1.807, 2.05) is 31.6 Å². The number of rotatable bonds is 3. The van der Waals surface area contributed by atoms with Crippen molar-refractivity contribution >= 4 is 21.6 Å². The van der Waals surface area contributed by atoms with Crippen LogP contribution in [0.15, 0.2) is 22.7 Å². The number of benzene rings is 1. The van der Waals surface area contributed by atoms with Crippen LogP contribution in [0.1, 0.15) is 17.0 Å². The van der Waals surface area contributed by atoms with Crippen LogP contribution >= 0.6 is 15.9 Å². The first-order valence-electron chi connectivity index (χ1n) is 5.67. The molecule has 0 fully saturated rings. The van der Waals surface area contributed by atoms with Crippen molar-refractivity contribution in [1.82, 2.24) is 9.78 Å². The first-order valence-corrected chi connectivity index (χ1v) is 6.46. The third-order valence-electron chi connectivity index (χ3n) is 2.98. The van der Waals surface area contributed by atoms with E-state index in [1.165, 1.54) is 6.07 Å². The monoisotopic (exact) mass is 311 g/mol. The molecule has 1 aromatic carbocycles. The van der Waals surface area contributed by atoms with E-state index in [1.54, 1.807) is 6.07 Å². The van der Waals surface area contributed by atoms with Gasteiger partial charge in [0, 0.05) is 23.6 Å². The SMILES string of the molecule is Cc1nn(C)c(C)c1NCc1ccc(Br)cc1F. The predicted octanol–water partition coefficient (Wildman–Crippen LogP) is 3.55. The standard InChI is InChI=1S/C13H15BrFN3/c1-8-13(9(2)18(3)17-8)16-7-10-4-5-11(14)6-12(10)15/h4-6,16H,7H2,1-3H3. The predicted molar refractivity (Wildman–Crippen MR) is 74.1 cm³/mol. The zero-order valence-corrected chi connectivity index (χ0v) is 12.2. The lowest BCUT2D eigenvalue weighted by Gasteiger charge is -2.08. The minimum absolute atomic E-state index is 0.212. The summed E-state index contributed by atoms with van der Waals surface area (Å²) in [6, 6.07) is 5.08. The highest BCUT2D eigenvalue weighted by Crippen LogP contribution is 2.21. The van der Waals surface area contributed by atoms with Crippen molar-refractivity contribution in [3.8, 4) is 0 Å². The number of aryl methyl sites for hydroxylation is 2. The fourth-order valence-corrected chi connectivity index (χ4v) is 2.21. The van der Waals surface area contributed by atoms with E-state index in [2.05, 4.69) is 26.3 Å². The van der Waals surface area contributed by atoms with E-state index >= 15 is 0 Å². The number of nitrogens with one attached hydrogen (secondary N) is 1. The van der Waals surface area contributed by atoms with Crippen molar-refractivity contribution in [2.24, 2.45) is 7.05 Å². The fourth-order valence-electron chi connectivity index (χ4n) is 1.88. The zero-order valence-electron chi connectivity index (χ0n) is 10.6. The Hall–Kier alpha value is -1.36. The zero-order chi connectivity index (χ0) is 13.3. The van der Waals surface area contributed by atoms with Crippen molar-refractivity contribution in [2.45, 2.75) is 20.4 Å². The molecule has 2 aromatic rings. The molecule has 0 aliphatic carbocycles. The van der Waals surface area contributed by atoms with E-state index in [0.29, 0.717) is 12.1 Å². The van der Waals surface area contributed by atoms with Crippen LogP contribution in [0.4, 0.5) is 10.1 Å².